The van der Waals surface area contributed by atoms with E-state index in [1.54, 1.807) is 0 Å². The van der Waals surface area contributed by atoms with E-state index in [1.807, 2.05) is 0 Å². The minimum atomic E-state index is -1.43. The molecule has 0 rings (SSSR count). The van der Waals surface area contributed by atoms with E-state index in [9.17, 15) is 0 Å². The number of carboxylic acid groups (broad SMARTS) is 2. The van der Waals surface area contributed by atoms with Gasteiger partial charge in [0, 0.05) is 0 Å². The van der Waals surface area contributed by atoms with E-state index < -0.39 is 12.3 Å². The van der Waals surface area contributed by atoms with Crippen molar-refractivity contribution in [2.75, 3.05) is 0 Å². The Labute approximate surface area is 99.0 Å². The van der Waals surface area contributed by atoms with Gasteiger partial charge in [-0.1, -0.05) is 0 Å². The van der Waals surface area contributed by atoms with Gasteiger partial charge in [0.25, 0.3) is 0 Å². The molecule has 0 radical (unpaired) electrons. The third-order valence-corrected chi connectivity index (χ3v) is 1.00. The third kappa shape index (κ3) is 38.7. The van der Waals surface area contributed by atoms with E-state index in [1.165, 1.54) is 0 Å². The van der Waals surface area contributed by atoms with Crippen LogP contribution in [0.1, 0.15) is 0 Å². The molecule has 0 aliphatic rings. The summed E-state index contributed by atoms with van der Waals surface area (Å²) in [4.78, 5) is 18.1. The number of hydrogen-bond acceptors (Lipinski definition) is 6. The Morgan fingerprint density at radius 2 is 1.09 bits per heavy atom. The molecule has 9 heteroatoms. The molecule has 0 aliphatic carbocycles. The smallest absolute Gasteiger partial charge is 0.592 e. The average molecular weight is 222 g/mol. The first-order valence-electron chi connectivity index (χ1n) is 2.04. The molecule has 0 unspecified atom stereocenters. The molecule has 0 atom stereocenters. The monoisotopic (exact) mass is 222 g/mol. The van der Waals surface area contributed by atoms with Crippen LogP contribution in [0.3, 0.4) is 0 Å². The largest absolute Gasteiger partial charge is 2.00 e. The van der Waals surface area contributed by atoms with E-state index in [-0.39, 0.29) is 58.7 Å². The molecular formula is C2H6CaO6Si2. The maximum Gasteiger partial charge on any atom is 2.00 e. The maximum absolute atomic E-state index is 9.07. The van der Waals surface area contributed by atoms with E-state index in [0.717, 1.165) is 0 Å². The van der Waals surface area contributed by atoms with Crippen molar-refractivity contribution in [3.8, 4) is 0 Å². The van der Waals surface area contributed by atoms with Gasteiger partial charge in [0.2, 0.25) is 12.3 Å². The van der Waals surface area contributed by atoms with Crippen molar-refractivity contribution in [3.63, 3.8) is 0 Å². The summed E-state index contributed by atoms with van der Waals surface area (Å²) in [5.74, 6) is 0. The quantitative estimate of drug-likeness (QED) is 0.380. The summed E-state index contributed by atoms with van der Waals surface area (Å²) < 4.78 is 7.39. The fourth-order valence-corrected chi connectivity index (χ4v) is 0. The van der Waals surface area contributed by atoms with Crippen molar-refractivity contribution < 1.29 is 28.7 Å². The van der Waals surface area contributed by atoms with Gasteiger partial charge in [0.1, 0.15) is 21.0 Å². The van der Waals surface area contributed by atoms with Gasteiger partial charge in [0.05, 0.1) is 0 Å². The molecule has 0 bridgehead atoms. The molecule has 11 heavy (non-hydrogen) atoms. The van der Waals surface area contributed by atoms with Crippen LogP contribution in [0.2, 0.25) is 0 Å². The Balaban J connectivity index is -0.000000107. The SMILES string of the molecule is O=C([O-])O[SiH3].O=C([O-])O[SiH3].[Ca+2]. The molecule has 0 heterocycles. The van der Waals surface area contributed by atoms with Gasteiger partial charge in [-0.15, -0.1) is 0 Å². The number of carbonyl (C=O) groups excluding carboxylic acids is 2. The van der Waals surface area contributed by atoms with Crippen molar-refractivity contribution in [3.05, 3.63) is 0 Å². The summed E-state index contributed by atoms with van der Waals surface area (Å²) in [6.45, 7) is 0. The molecule has 0 saturated heterocycles. The Bertz CT molecular complexity index is 103. The van der Waals surface area contributed by atoms with Crippen LogP contribution in [0.25, 0.3) is 0 Å². The van der Waals surface area contributed by atoms with Crippen molar-refractivity contribution in [2.45, 2.75) is 0 Å². The van der Waals surface area contributed by atoms with Gasteiger partial charge in [-0.3, -0.25) is 0 Å². The van der Waals surface area contributed by atoms with Crippen LogP contribution in [-0.2, 0) is 8.85 Å². The van der Waals surface area contributed by atoms with Crippen LogP contribution in [0.4, 0.5) is 9.59 Å². The summed E-state index contributed by atoms with van der Waals surface area (Å²) >= 11 is 0. The van der Waals surface area contributed by atoms with Gasteiger partial charge in [-0.05, 0) is 0 Å². The Morgan fingerprint density at radius 3 is 1.09 bits per heavy atom. The number of hydrogen-bond donors (Lipinski definition) is 0. The molecule has 6 nitrogen and oxygen atoms in total. The minimum absolute atomic E-state index is 0. The summed E-state index contributed by atoms with van der Waals surface area (Å²) in [5.41, 5.74) is 0. The van der Waals surface area contributed by atoms with Gasteiger partial charge in [-0.25, -0.2) is 0 Å². The first-order chi connectivity index (χ1) is 4.54. The first-order valence-corrected chi connectivity index (χ1v) is 3.67. The zero-order valence-electron chi connectivity index (χ0n) is 6.16. The summed E-state index contributed by atoms with van der Waals surface area (Å²) in [7, 11) is 0.423. The van der Waals surface area contributed by atoms with E-state index in [4.69, 9.17) is 19.8 Å². The molecule has 0 fully saturated rings. The molecule has 0 aromatic heterocycles. The zero-order valence-corrected chi connectivity index (χ0v) is 12.4. The second-order valence-electron chi connectivity index (χ2n) is 0.908. The van der Waals surface area contributed by atoms with Gasteiger partial charge >= 0.3 is 37.7 Å². The fourth-order valence-electron chi connectivity index (χ4n) is 0. The van der Waals surface area contributed by atoms with Crippen LogP contribution in [0.5, 0.6) is 0 Å². The van der Waals surface area contributed by atoms with Crippen LogP contribution in [0, 0.1) is 0 Å². The Kier molecular flexibility index (Phi) is 20.3. The van der Waals surface area contributed by atoms with Gasteiger partial charge < -0.3 is 28.7 Å². The molecule has 0 spiro atoms. The number of carbonyl (C=O) groups is 2. The molecule has 60 valence electrons. The standard InChI is InChI=1S/2CH4O3Si.Ca/c2*2-1(3)4-5;/h2*5H3,(H,2,3);/q;;+2/p-2. The zero-order chi connectivity index (χ0) is 8.57. The molecule has 0 aromatic carbocycles. The van der Waals surface area contributed by atoms with Crippen molar-refractivity contribution >= 4 is 71.0 Å². The maximum atomic E-state index is 9.07. The minimum Gasteiger partial charge on any atom is -0.592 e. The second-order valence-corrected chi connectivity index (χ2v) is 1.72. The first kappa shape index (κ1) is 17.4. The summed E-state index contributed by atoms with van der Waals surface area (Å²) in [6, 6.07) is 0. The molecule has 0 aliphatic heterocycles. The predicted octanol–water partition coefficient (Wildman–Crippen LogP) is -5.13. The van der Waals surface area contributed by atoms with Gasteiger partial charge in [0.15, 0.2) is 0 Å². The van der Waals surface area contributed by atoms with Crippen LogP contribution < -0.4 is 10.2 Å². The van der Waals surface area contributed by atoms with Crippen LogP contribution in [0.15, 0.2) is 0 Å². The second kappa shape index (κ2) is 12.9. The molecule has 0 aromatic rings. The third-order valence-electron chi connectivity index (χ3n) is 0.333. The topological polar surface area (TPSA) is 98.7 Å². The molecule has 0 N–H and O–H groups in total. The fraction of sp³-hybridized carbons (Fsp3) is 0. The predicted molar refractivity (Wildman–Crippen MR) is 38.6 cm³/mol. The molecule has 0 saturated carbocycles. The van der Waals surface area contributed by atoms with Crippen molar-refractivity contribution in [2.24, 2.45) is 0 Å². The Hall–Kier alpha value is 0.234. The van der Waals surface area contributed by atoms with E-state index in [0.29, 0.717) is 0 Å². The van der Waals surface area contributed by atoms with Crippen LogP contribution >= 0.6 is 0 Å². The van der Waals surface area contributed by atoms with Crippen molar-refractivity contribution in [1.82, 2.24) is 0 Å². The van der Waals surface area contributed by atoms with E-state index >= 15 is 0 Å². The van der Waals surface area contributed by atoms with Gasteiger partial charge in [-0.2, -0.15) is 0 Å². The summed E-state index contributed by atoms with van der Waals surface area (Å²) in [5, 5.41) is 18.1. The van der Waals surface area contributed by atoms with E-state index in [2.05, 4.69) is 8.85 Å². The summed E-state index contributed by atoms with van der Waals surface area (Å²) in [6.07, 6.45) is -2.87. The average Bonchev–Trinajstić information content (AvgIpc) is 1.89. The Morgan fingerprint density at radius 1 is 1.00 bits per heavy atom. The number of rotatable bonds is 0. The molecule has 0 amide bonds. The molecular weight excluding hydrogens is 216 g/mol. The normalized spacial score (nSPS) is 6.55. The van der Waals surface area contributed by atoms with Crippen molar-refractivity contribution in [1.29, 1.82) is 0 Å². The van der Waals surface area contributed by atoms with Crippen LogP contribution in [-0.4, -0.2) is 71.0 Å².